The molecule has 0 radical (unpaired) electrons. The Bertz CT molecular complexity index is 1150. The summed E-state index contributed by atoms with van der Waals surface area (Å²) >= 11 is 5.91. The van der Waals surface area contributed by atoms with Crippen LogP contribution in [0.5, 0.6) is 0 Å². The molecule has 8 heteroatoms. The van der Waals surface area contributed by atoms with E-state index < -0.39 is 0 Å². The summed E-state index contributed by atoms with van der Waals surface area (Å²) in [6, 6.07) is 15.5. The molecular weight excluding hydrogens is 407 g/mol. The van der Waals surface area contributed by atoms with Crippen molar-refractivity contribution in [1.82, 2.24) is 14.8 Å². The van der Waals surface area contributed by atoms with E-state index in [1.165, 1.54) is 12.3 Å². The van der Waals surface area contributed by atoms with Gasteiger partial charge in [-0.05, 0) is 29.8 Å². The van der Waals surface area contributed by atoms with Crippen molar-refractivity contribution in [3.8, 4) is 11.3 Å². The molecule has 6 nitrogen and oxygen atoms in total. The number of aromatic nitrogens is 3. The Morgan fingerprint density at radius 3 is 2.73 bits per heavy atom. The summed E-state index contributed by atoms with van der Waals surface area (Å²) in [6.45, 7) is 0.505. The third-order valence-corrected chi connectivity index (χ3v) is 4.74. The first kappa shape index (κ1) is 19.8. The Kier molecular flexibility index (Phi) is 5.90. The Balaban J connectivity index is 1.34. The number of carbonyl (C=O) groups is 1. The fourth-order valence-electron chi connectivity index (χ4n) is 2.96. The third-order valence-electron chi connectivity index (χ3n) is 4.49. The SMILES string of the molecule is O=C(CCc1ncc(-c2ccccc2F)o1)Nc1ccnn1Cc1ccc(Cl)cc1. The minimum absolute atomic E-state index is 0.170. The molecule has 2 heterocycles. The molecule has 0 saturated heterocycles. The molecule has 0 aliphatic carbocycles. The predicted molar refractivity (Wildman–Crippen MR) is 112 cm³/mol. The van der Waals surface area contributed by atoms with Crippen LogP contribution in [-0.4, -0.2) is 20.7 Å². The van der Waals surface area contributed by atoms with Crippen molar-refractivity contribution in [3.63, 3.8) is 0 Å². The predicted octanol–water partition coefficient (Wildman–Crippen LogP) is 4.95. The quantitative estimate of drug-likeness (QED) is 0.455. The normalized spacial score (nSPS) is 10.9. The lowest BCUT2D eigenvalue weighted by molar-refractivity contribution is -0.116. The summed E-state index contributed by atoms with van der Waals surface area (Å²) in [4.78, 5) is 16.5. The van der Waals surface area contributed by atoms with Gasteiger partial charge in [-0.2, -0.15) is 5.10 Å². The number of benzene rings is 2. The molecule has 152 valence electrons. The highest BCUT2D eigenvalue weighted by atomic mass is 35.5. The van der Waals surface area contributed by atoms with E-state index in [2.05, 4.69) is 15.4 Å². The first-order valence-corrected chi connectivity index (χ1v) is 9.72. The minimum atomic E-state index is -0.383. The zero-order valence-corrected chi connectivity index (χ0v) is 16.6. The average molecular weight is 425 g/mol. The summed E-state index contributed by atoms with van der Waals surface area (Å²) in [6.07, 6.45) is 3.56. The Hall–Kier alpha value is -3.45. The molecular formula is C22H18ClFN4O2. The molecule has 0 aliphatic heterocycles. The van der Waals surface area contributed by atoms with Crippen LogP contribution in [0.4, 0.5) is 10.2 Å². The number of rotatable bonds is 7. The largest absolute Gasteiger partial charge is 0.441 e. The van der Waals surface area contributed by atoms with Gasteiger partial charge in [-0.1, -0.05) is 35.9 Å². The maximum absolute atomic E-state index is 13.9. The van der Waals surface area contributed by atoms with Gasteiger partial charge in [0, 0.05) is 23.9 Å². The van der Waals surface area contributed by atoms with E-state index in [0.29, 0.717) is 41.0 Å². The van der Waals surface area contributed by atoms with Crippen LogP contribution in [-0.2, 0) is 17.8 Å². The van der Waals surface area contributed by atoms with Crippen molar-refractivity contribution < 1.29 is 13.6 Å². The lowest BCUT2D eigenvalue weighted by Crippen LogP contribution is -2.16. The summed E-state index contributed by atoms with van der Waals surface area (Å²) in [5.74, 6) is 0.724. The highest BCUT2D eigenvalue weighted by Gasteiger charge is 2.13. The van der Waals surface area contributed by atoms with E-state index in [-0.39, 0.29) is 18.1 Å². The van der Waals surface area contributed by atoms with Crippen LogP contribution in [0.1, 0.15) is 17.9 Å². The van der Waals surface area contributed by atoms with E-state index in [9.17, 15) is 9.18 Å². The fourth-order valence-corrected chi connectivity index (χ4v) is 3.09. The van der Waals surface area contributed by atoms with E-state index in [4.69, 9.17) is 16.0 Å². The first-order chi connectivity index (χ1) is 14.6. The van der Waals surface area contributed by atoms with Gasteiger partial charge in [0.2, 0.25) is 5.91 Å². The van der Waals surface area contributed by atoms with Crippen LogP contribution in [0.2, 0.25) is 5.02 Å². The van der Waals surface area contributed by atoms with Gasteiger partial charge in [-0.25, -0.2) is 14.1 Å². The van der Waals surface area contributed by atoms with Gasteiger partial charge < -0.3 is 9.73 Å². The molecule has 0 aliphatic rings. The van der Waals surface area contributed by atoms with E-state index in [1.807, 2.05) is 24.3 Å². The van der Waals surface area contributed by atoms with Gasteiger partial charge >= 0.3 is 0 Å². The standard InChI is InChI=1S/C22H18ClFN4O2/c23-16-7-5-15(6-8-16)14-28-20(11-12-26-28)27-21(29)9-10-22-25-13-19(30-22)17-3-1-2-4-18(17)24/h1-8,11-13H,9-10,14H2,(H,27,29). The van der Waals surface area contributed by atoms with Gasteiger partial charge in [0.15, 0.2) is 11.7 Å². The number of anilines is 1. The van der Waals surface area contributed by atoms with Crippen LogP contribution < -0.4 is 5.32 Å². The second-order valence-electron chi connectivity index (χ2n) is 6.65. The monoisotopic (exact) mass is 424 g/mol. The molecule has 0 atom stereocenters. The third kappa shape index (κ3) is 4.75. The van der Waals surface area contributed by atoms with Crippen molar-refractivity contribution >= 4 is 23.3 Å². The van der Waals surface area contributed by atoms with E-state index >= 15 is 0 Å². The van der Waals surface area contributed by atoms with Crippen molar-refractivity contribution in [2.45, 2.75) is 19.4 Å². The molecule has 1 amide bonds. The Labute approximate surface area is 177 Å². The fraction of sp³-hybridized carbons (Fsp3) is 0.136. The van der Waals surface area contributed by atoms with Crippen molar-refractivity contribution in [2.75, 3.05) is 5.32 Å². The highest BCUT2D eigenvalue weighted by molar-refractivity contribution is 6.30. The number of hydrogen-bond donors (Lipinski definition) is 1. The smallest absolute Gasteiger partial charge is 0.226 e. The lowest BCUT2D eigenvalue weighted by Gasteiger charge is -2.09. The van der Waals surface area contributed by atoms with Gasteiger partial charge in [-0.15, -0.1) is 0 Å². The first-order valence-electron chi connectivity index (χ1n) is 9.34. The summed E-state index contributed by atoms with van der Waals surface area (Å²) in [5.41, 5.74) is 1.35. The van der Waals surface area contributed by atoms with Crippen LogP contribution in [0, 0.1) is 5.82 Å². The van der Waals surface area contributed by atoms with Gasteiger partial charge in [0.1, 0.15) is 11.6 Å². The number of carbonyl (C=O) groups excluding carboxylic acids is 1. The van der Waals surface area contributed by atoms with Crippen LogP contribution >= 0.6 is 11.6 Å². The van der Waals surface area contributed by atoms with Gasteiger partial charge in [0.25, 0.3) is 0 Å². The topological polar surface area (TPSA) is 73.0 Å². The minimum Gasteiger partial charge on any atom is -0.441 e. The van der Waals surface area contributed by atoms with E-state index in [1.54, 1.807) is 35.1 Å². The number of oxazole rings is 1. The summed E-state index contributed by atoms with van der Waals surface area (Å²) in [5, 5.41) is 7.76. The molecule has 4 aromatic rings. The number of amides is 1. The Morgan fingerprint density at radius 1 is 1.13 bits per heavy atom. The number of nitrogens with one attached hydrogen (secondary N) is 1. The summed E-state index contributed by atoms with van der Waals surface area (Å²) < 4.78 is 21.1. The summed E-state index contributed by atoms with van der Waals surface area (Å²) in [7, 11) is 0. The van der Waals surface area contributed by atoms with Crippen molar-refractivity contribution in [1.29, 1.82) is 0 Å². The number of halogens is 2. The number of hydrogen-bond acceptors (Lipinski definition) is 4. The molecule has 30 heavy (non-hydrogen) atoms. The van der Waals surface area contributed by atoms with Gasteiger partial charge in [-0.3, -0.25) is 4.79 Å². The average Bonchev–Trinajstić information content (AvgIpc) is 3.38. The van der Waals surface area contributed by atoms with Crippen LogP contribution in [0.25, 0.3) is 11.3 Å². The highest BCUT2D eigenvalue weighted by Crippen LogP contribution is 2.23. The van der Waals surface area contributed by atoms with Crippen LogP contribution in [0.15, 0.2) is 71.4 Å². The van der Waals surface area contributed by atoms with Crippen molar-refractivity contribution in [3.05, 3.63) is 89.3 Å². The number of nitrogens with zero attached hydrogens (tertiary/aromatic N) is 3. The molecule has 1 N–H and O–H groups in total. The second kappa shape index (κ2) is 8.92. The molecule has 0 unspecified atom stereocenters. The molecule has 2 aromatic heterocycles. The maximum Gasteiger partial charge on any atom is 0.226 e. The molecule has 0 spiro atoms. The zero-order valence-electron chi connectivity index (χ0n) is 15.9. The molecule has 2 aromatic carbocycles. The Morgan fingerprint density at radius 2 is 1.93 bits per heavy atom. The van der Waals surface area contributed by atoms with E-state index in [0.717, 1.165) is 5.56 Å². The lowest BCUT2D eigenvalue weighted by atomic mass is 10.2. The number of aryl methyl sites for hydroxylation is 1. The maximum atomic E-state index is 13.9. The zero-order chi connectivity index (χ0) is 20.9. The molecule has 0 fully saturated rings. The van der Waals surface area contributed by atoms with Crippen molar-refractivity contribution in [2.24, 2.45) is 0 Å². The molecule has 4 rings (SSSR count). The molecule has 0 saturated carbocycles. The van der Waals surface area contributed by atoms with Gasteiger partial charge in [0.05, 0.1) is 24.5 Å². The molecule has 0 bridgehead atoms. The second-order valence-corrected chi connectivity index (χ2v) is 7.08. The van der Waals surface area contributed by atoms with Crippen LogP contribution in [0.3, 0.4) is 0 Å².